The quantitative estimate of drug-likeness (QED) is 0.621. The number of benzene rings is 1. The fourth-order valence-electron chi connectivity index (χ4n) is 4.33. The standard InChI is InChI=1S/C24H27N5O2/c1-31-21-9-5-4-8-18(21)20-12-13-25-24(27-20)29-22(17-10-11-17)19(16-26-29)23(30)28-14-6-2-3-7-15-28/h4-5,8-9,12-13,16-17H,2-3,6-7,10-11,14-15H2,1H3. The van der Waals surface area contributed by atoms with Crippen LogP contribution in [0.5, 0.6) is 5.75 Å². The summed E-state index contributed by atoms with van der Waals surface area (Å²) in [5, 5.41) is 4.58. The van der Waals surface area contributed by atoms with Crippen LogP contribution in [0.25, 0.3) is 17.2 Å². The van der Waals surface area contributed by atoms with Crippen molar-refractivity contribution in [1.29, 1.82) is 0 Å². The van der Waals surface area contributed by atoms with Crippen molar-refractivity contribution in [2.45, 2.75) is 44.4 Å². The van der Waals surface area contributed by atoms with Crippen molar-refractivity contribution in [3.63, 3.8) is 0 Å². The minimum atomic E-state index is 0.0935. The monoisotopic (exact) mass is 417 g/mol. The van der Waals surface area contributed by atoms with Gasteiger partial charge in [-0.15, -0.1) is 0 Å². The van der Waals surface area contributed by atoms with E-state index < -0.39 is 0 Å². The van der Waals surface area contributed by atoms with E-state index in [-0.39, 0.29) is 5.91 Å². The Morgan fingerprint density at radius 1 is 1.06 bits per heavy atom. The van der Waals surface area contributed by atoms with Gasteiger partial charge in [-0.2, -0.15) is 5.10 Å². The van der Waals surface area contributed by atoms with Gasteiger partial charge in [0.1, 0.15) is 5.75 Å². The average Bonchev–Trinajstić information content (AvgIpc) is 3.62. The number of aromatic nitrogens is 4. The number of hydrogen-bond donors (Lipinski definition) is 0. The molecule has 1 saturated carbocycles. The third-order valence-electron chi connectivity index (χ3n) is 6.11. The van der Waals surface area contributed by atoms with Gasteiger partial charge < -0.3 is 9.64 Å². The highest BCUT2D eigenvalue weighted by Crippen LogP contribution is 2.42. The SMILES string of the molecule is COc1ccccc1-c1ccnc(-n2ncc(C(=O)N3CCCCCC3)c2C2CC2)n1. The van der Waals surface area contributed by atoms with Gasteiger partial charge in [-0.25, -0.2) is 14.6 Å². The second-order valence-corrected chi connectivity index (χ2v) is 8.28. The topological polar surface area (TPSA) is 73.1 Å². The highest BCUT2D eigenvalue weighted by atomic mass is 16.5. The number of carbonyl (C=O) groups is 1. The molecular weight excluding hydrogens is 390 g/mol. The van der Waals surface area contributed by atoms with E-state index in [4.69, 9.17) is 9.72 Å². The Hall–Kier alpha value is -3.22. The fourth-order valence-corrected chi connectivity index (χ4v) is 4.33. The van der Waals surface area contributed by atoms with Gasteiger partial charge in [0.05, 0.1) is 30.3 Å². The van der Waals surface area contributed by atoms with E-state index >= 15 is 0 Å². The van der Waals surface area contributed by atoms with E-state index in [0.29, 0.717) is 17.4 Å². The lowest BCUT2D eigenvalue weighted by Crippen LogP contribution is -2.32. The number of rotatable bonds is 5. The van der Waals surface area contributed by atoms with E-state index in [1.807, 2.05) is 35.2 Å². The van der Waals surface area contributed by atoms with Gasteiger partial charge in [-0.1, -0.05) is 25.0 Å². The molecule has 2 aliphatic rings. The van der Waals surface area contributed by atoms with E-state index in [0.717, 1.165) is 61.5 Å². The molecule has 0 unspecified atom stereocenters. The van der Waals surface area contributed by atoms with E-state index in [9.17, 15) is 4.79 Å². The molecule has 3 heterocycles. The van der Waals surface area contributed by atoms with Crippen LogP contribution >= 0.6 is 0 Å². The van der Waals surface area contributed by atoms with Gasteiger partial charge in [0.2, 0.25) is 0 Å². The number of likely N-dealkylation sites (tertiary alicyclic amines) is 1. The number of hydrogen-bond acceptors (Lipinski definition) is 5. The lowest BCUT2D eigenvalue weighted by molar-refractivity contribution is 0.0760. The Balaban J connectivity index is 1.52. The molecule has 2 aromatic heterocycles. The molecule has 5 rings (SSSR count). The Morgan fingerprint density at radius 2 is 1.84 bits per heavy atom. The molecule has 7 nitrogen and oxygen atoms in total. The Bertz CT molecular complexity index is 1080. The first-order valence-corrected chi connectivity index (χ1v) is 11.1. The summed E-state index contributed by atoms with van der Waals surface area (Å²) in [7, 11) is 1.65. The first-order valence-electron chi connectivity index (χ1n) is 11.1. The van der Waals surface area contributed by atoms with Crippen molar-refractivity contribution >= 4 is 5.91 Å². The molecule has 3 aromatic rings. The highest BCUT2D eigenvalue weighted by Gasteiger charge is 2.35. The zero-order chi connectivity index (χ0) is 21.2. The molecule has 0 bridgehead atoms. The smallest absolute Gasteiger partial charge is 0.257 e. The number of amides is 1. The van der Waals surface area contributed by atoms with Crippen molar-refractivity contribution in [2.75, 3.05) is 20.2 Å². The average molecular weight is 418 g/mol. The summed E-state index contributed by atoms with van der Waals surface area (Å²) >= 11 is 0. The van der Waals surface area contributed by atoms with Gasteiger partial charge in [0.25, 0.3) is 11.9 Å². The second kappa shape index (κ2) is 8.49. The van der Waals surface area contributed by atoms with Crippen LogP contribution in [0.15, 0.2) is 42.7 Å². The minimum absolute atomic E-state index is 0.0935. The number of methoxy groups -OCH3 is 1. The van der Waals surface area contributed by atoms with Crippen LogP contribution in [0.2, 0.25) is 0 Å². The van der Waals surface area contributed by atoms with E-state index in [1.165, 1.54) is 12.8 Å². The molecule has 0 N–H and O–H groups in total. The summed E-state index contributed by atoms with van der Waals surface area (Å²) < 4.78 is 7.26. The summed E-state index contributed by atoms with van der Waals surface area (Å²) in [5.41, 5.74) is 3.32. The van der Waals surface area contributed by atoms with E-state index in [2.05, 4.69) is 10.1 Å². The minimum Gasteiger partial charge on any atom is -0.496 e. The molecule has 0 spiro atoms. The maximum atomic E-state index is 13.3. The van der Waals surface area contributed by atoms with E-state index in [1.54, 1.807) is 24.2 Å². The molecule has 2 fully saturated rings. The maximum absolute atomic E-state index is 13.3. The third kappa shape index (κ3) is 3.92. The molecule has 7 heteroatoms. The Kier molecular flexibility index (Phi) is 5.40. The normalized spacial score (nSPS) is 16.7. The molecule has 0 atom stereocenters. The molecule has 31 heavy (non-hydrogen) atoms. The van der Waals surface area contributed by atoms with Gasteiger partial charge in [-0.3, -0.25) is 4.79 Å². The van der Waals surface area contributed by atoms with Crippen LogP contribution in [-0.4, -0.2) is 50.8 Å². The molecule has 1 aliphatic carbocycles. The zero-order valence-corrected chi connectivity index (χ0v) is 17.8. The second-order valence-electron chi connectivity index (χ2n) is 8.28. The van der Waals surface area contributed by atoms with Gasteiger partial charge in [0.15, 0.2) is 0 Å². The van der Waals surface area contributed by atoms with Crippen molar-refractivity contribution in [3.05, 3.63) is 54.0 Å². The van der Waals surface area contributed by atoms with Crippen molar-refractivity contribution in [3.8, 4) is 23.0 Å². The van der Waals surface area contributed by atoms with Crippen molar-refractivity contribution in [2.24, 2.45) is 0 Å². The predicted molar refractivity (Wildman–Crippen MR) is 117 cm³/mol. The molecule has 1 aliphatic heterocycles. The highest BCUT2D eigenvalue weighted by molar-refractivity contribution is 5.95. The molecule has 160 valence electrons. The lowest BCUT2D eigenvalue weighted by atomic mass is 10.1. The van der Waals surface area contributed by atoms with Gasteiger partial charge in [0, 0.05) is 30.8 Å². The summed E-state index contributed by atoms with van der Waals surface area (Å²) in [6, 6.07) is 9.65. The Labute approximate surface area is 182 Å². The molecule has 1 saturated heterocycles. The number of carbonyl (C=O) groups excluding carboxylic acids is 1. The number of para-hydroxylation sites is 1. The van der Waals surface area contributed by atoms with Gasteiger partial charge >= 0.3 is 0 Å². The third-order valence-corrected chi connectivity index (χ3v) is 6.11. The zero-order valence-electron chi connectivity index (χ0n) is 17.8. The first-order chi connectivity index (χ1) is 15.3. The summed E-state index contributed by atoms with van der Waals surface area (Å²) in [5.74, 6) is 1.68. The van der Waals surface area contributed by atoms with Gasteiger partial charge in [-0.05, 0) is 43.9 Å². The van der Waals surface area contributed by atoms with Crippen LogP contribution < -0.4 is 4.74 Å². The molecule has 1 aromatic carbocycles. The lowest BCUT2D eigenvalue weighted by Gasteiger charge is -2.20. The summed E-state index contributed by atoms with van der Waals surface area (Å²) in [4.78, 5) is 24.6. The fraction of sp³-hybridized carbons (Fsp3) is 0.417. The molecule has 1 amide bonds. The van der Waals surface area contributed by atoms with Crippen LogP contribution in [0.4, 0.5) is 0 Å². The van der Waals surface area contributed by atoms with Crippen LogP contribution in [0, 0.1) is 0 Å². The number of nitrogens with zero attached hydrogens (tertiary/aromatic N) is 5. The van der Waals surface area contributed by atoms with Crippen LogP contribution in [0.3, 0.4) is 0 Å². The predicted octanol–water partition coefficient (Wildman–Crippen LogP) is 4.23. The van der Waals surface area contributed by atoms with Crippen molar-refractivity contribution in [1.82, 2.24) is 24.6 Å². The maximum Gasteiger partial charge on any atom is 0.257 e. The van der Waals surface area contributed by atoms with Crippen LogP contribution in [-0.2, 0) is 0 Å². The number of ether oxygens (including phenoxy) is 1. The molecule has 0 radical (unpaired) electrons. The molecular formula is C24H27N5O2. The Morgan fingerprint density at radius 3 is 2.58 bits per heavy atom. The largest absolute Gasteiger partial charge is 0.496 e. The van der Waals surface area contributed by atoms with Crippen LogP contribution in [0.1, 0.15) is 60.5 Å². The first kappa shape index (κ1) is 19.7. The van der Waals surface area contributed by atoms with Crippen molar-refractivity contribution < 1.29 is 9.53 Å². The summed E-state index contributed by atoms with van der Waals surface area (Å²) in [6.07, 6.45) is 10.1. The summed E-state index contributed by atoms with van der Waals surface area (Å²) in [6.45, 7) is 1.65.